The lowest BCUT2D eigenvalue weighted by Crippen LogP contribution is -2.49. The fourth-order valence-corrected chi connectivity index (χ4v) is 1.20. The van der Waals surface area contributed by atoms with Gasteiger partial charge in [-0.15, -0.1) is 12.4 Å². The van der Waals surface area contributed by atoms with Crippen molar-refractivity contribution in [3.63, 3.8) is 0 Å². The molecule has 1 saturated heterocycles. The van der Waals surface area contributed by atoms with E-state index >= 15 is 0 Å². The third kappa shape index (κ3) is 1.87. The molecule has 0 amide bonds. The molecule has 1 rings (SSSR count). The predicted molar refractivity (Wildman–Crippen MR) is 45.4 cm³/mol. The summed E-state index contributed by atoms with van der Waals surface area (Å²) in [5.41, 5.74) is -1.18. The van der Waals surface area contributed by atoms with Crippen LogP contribution in [0.4, 0.5) is 4.39 Å². The summed E-state index contributed by atoms with van der Waals surface area (Å²) in [5.74, 6) is -1.04. The van der Waals surface area contributed by atoms with Crippen LogP contribution in [0.3, 0.4) is 0 Å². The number of rotatable bonds is 1. The first kappa shape index (κ1) is 11.6. The molecule has 0 aromatic carbocycles. The molecule has 2 N–H and O–H groups in total. The summed E-state index contributed by atoms with van der Waals surface area (Å²) in [6, 6.07) is 0. The van der Waals surface area contributed by atoms with Crippen LogP contribution in [0.15, 0.2) is 0 Å². The van der Waals surface area contributed by atoms with Gasteiger partial charge >= 0.3 is 5.97 Å². The van der Waals surface area contributed by atoms with Crippen molar-refractivity contribution < 1.29 is 14.3 Å². The third-order valence-corrected chi connectivity index (χ3v) is 2.32. The van der Waals surface area contributed by atoms with Gasteiger partial charge in [0.25, 0.3) is 0 Å². The van der Waals surface area contributed by atoms with Crippen molar-refractivity contribution in [2.45, 2.75) is 19.5 Å². The fourth-order valence-electron chi connectivity index (χ4n) is 1.20. The maximum atomic E-state index is 13.0. The van der Waals surface area contributed by atoms with E-state index in [2.05, 4.69) is 5.32 Å². The van der Waals surface area contributed by atoms with Crippen LogP contribution in [0.2, 0.25) is 0 Å². The zero-order chi connectivity index (χ0) is 8.48. The number of hydrogen-bond donors (Lipinski definition) is 2. The van der Waals surface area contributed by atoms with Gasteiger partial charge in [-0.25, -0.2) is 4.39 Å². The number of nitrogens with one attached hydrogen (secondary N) is 1. The first-order valence-electron chi connectivity index (χ1n) is 3.65. The molecule has 0 aromatic heterocycles. The molecule has 12 heavy (non-hydrogen) atoms. The van der Waals surface area contributed by atoms with E-state index in [4.69, 9.17) is 5.11 Å². The lowest BCUT2D eigenvalue weighted by molar-refractivity contribution is -0.153. The average molecular weight is 198 g/mol. The highest BCUT2D eigenvalue weighted by atomic mass is 35.5. The molecule has 5 heteroatoms. The molecule has 0 radical (unpaired) electrons. The second kappa shape index (κ2) is 4.05. The van der Waals surface area contributed by atoms with Crippen LogP contribution in [0, 0.1) is 5.41 Å². The molecule has 1 fully saturated rings. The zero-order valence-corrected chi connectivity index (χ0v) is 7.66. The Kier molecular flexibility index (Phi) is 3.93. The van der Waals surface area contributed by atoms with E-state index in [0.29, 0.717) is 13.0 Å². The van der Waals surface area contributed by atoms with E-state index < -0.39 is 17.6 Å². The van der Waals surface area contributed by atoms with Crippen molar-refractivity contribution in [3.05, 3.63) is 0 Å². The SMILES string of the molecule is CC1(C(=O)O)CCNCC1F.Cl. The lowest BCUT2D eigenvalue weighted by Gasteiger charge is -2.33. The van der Waals surface area contributed by atoms with Gasteiger partial charge in [0.05, 0.1) is 5.41 Å². The van der Waals surface area contributed by atoms with Gasteiger partial charge in [0.2, 0.25) is 0 Å². The Hall–Kier alpha value is -0.350. The van der Waals surface area contributed by atoms with E-state index in [9.17, 15) is 9.18 Å². The quantitative estimate of drug-likeness (QED) is 0.655. The van der Waals surface area contributed by atoms with E-state index in [1.54, 1.807) is 0 Å². The molecule has 1 heterocycles. The van der Waals surface area contributed by atoms with Crippen molar-refractivity contribution in [1.82, 2.24) is 5.32 Å². The van der Waals surface area contributed by atoms with Gasteiger partial charge in [0.15, 0.2) is 0 Å². The molecule has 0 bridgehead atoms. The largest absolute Gasteiger partial charge is 0.481 e. The maximum Gasteiger partial charge on any atom is 0.312 e. The highest BCUT2D eigenvalue weighted by Gasteiger charge is 2.43. The minimum absolute atomic E-state index is 0. The molecule has 2 unspecified atom stereocenters. The Balaban J connectivity index is 0.00000121. The number of aliphatic carboxylic acids is 1. The molecule has 2 atom stereocenters. The molecule has 0 saturated carbocycles. The summed E-state index contributed by atoms with van der Waals surface area (Å²) < 4.78 is 13.0. The van der Waals surface area contributed by atoms with Crippen LogP contribution >= 0.6 is 12.4 Å². The summed E-state index contributed by atoms with van der Waals surface area (Å²) in [5, 5.41) is 11.5. The van der Waals surface area contributed by atoms with E-state index in [1.807, 2.05) is 0 Å². The monoisotopic (exact) mass is 197 g/mol. The number of piperidine rings is 1. The van der Waals surface area contributed by atoms with Gasteiger partial charge in [-0.2, -0.15) is 0 Å². The Bertz CT molecular complexity index is 179. The molecule has 3 nitrogen and oxygen atoms in total. The third-order valence-electron chi connectivity index (χ3n) is 2.32. The van der Waals surface area contributed by atoms with Crippen molar-refractivity contribution in [2.75, 3.05) is 13.1 Å². The Labute approximate surface area is 76.7 Å². The summed E-state index contributed by atoms with van der Waals surface area (Å²) in [4.78, 5) is 10.6. The smallest absolute Gasteiger partial charge is 0.312 e. The van der Waals surface area contributed by atoms with Gasteiger partial charge in [-0.3, -0.25) is 4.79 Å². The molecule has 0 aromatic rings. The molecule has 0 aliphatic carbocycles. The molecule has 1 aliphatic rings. The summed E-state index contributed by atoms with van der Waals surface area (Å²) in [6.07, 6.45) is -0.905. The number of carboxylic acids is 1. The minimum Gasteiger partial charge on any atom is -0.481 e. The van der Waals surface area contributed by atoms with Crippen LogP contribution in [-0.4, -0.2) is 30.3 Å². The first-order chi connectivity index (χ1) is 5.07. The van der Waals surface area contributed by atoms with E-state index in [1.165, 1.54) is 6.92 Å². The number of halogens is 2. The molecular weight excluding hydrogens is 185 g/mol. The van der Waals surface area contributed by atoms with Crippen molar-refractivity contribution in [1.29, 1.82) is 0 Å². The maximum absolute atomic E-state index is 13.0. The van der Waals surface area contributed by atoms with Crippen LogP contribution in [-0.2, 0) is 4.79 Å². The number of carbonyl (C=O) groups is 1. The van der Waals surface area contributed by atoms with E-state index in [0.717, 1.165) is 0 Å². The number of hydrogen-bond acceptors (Lipinski definition) is 2. The first-order valence-corrected chi connectivity index (χ1v) is 3.65. The topological polar surface area (TPSA) is 49.3 Å². The minimum atomic E-state index is -1.27. The Morgan fingerprint density at radius 3 is 2.67 bits per heavy atom. The van der Waals surface area contributed by atoms with Crippen LogP contribution in [0.1, 0.15) is 13.3 Å². The highest BCUT2D eigenvalue weighted by molar-refractivity contribution is 5.85. The van der Waals surface area contributed by atoms with Gasteiger partial charge in [0, 0.05) is 6.54 Å². The molecule has 1 aliphatic heterocycles. The van der Waals surface area contributed by atoms with E-state index in [-0.39, 0.29) is 19.0 Å². The summed E-state index contributed by atoms with van der Waals surface area (Å²) >= 11 is 0. The number of carboxylic acid groups (broad SMARTS) is 1. The van der Waals surface area contributed by atoms with Crippen LogP contribution in [0.5, 0.6) is 0 Å². The van der Waals surface area contributed by atoms with Gasteiger partial charge < -0.3 is 10.4 Å². The summed E-state index contributed by atoms with van der Waals surface area (Å²) in [6.45, 7) is 2.20. The summed E-state index contributed by atoms with van der Waals surface area (Å²) in [7, 11) is 0. The van der Waals surface area contributed by atoms with Crippen molar-refractivity contribution in [3.8, 4) is 0 Å². The Morgan fingerprint density at radius 2 is 2.33 bits per heavy atom. The second-order valence-electron chi connectivity index (χ2n) is 3.14. The Morgan fingerprint density at radius 1 is 1.75 bits per heavy atom. The average Bonchev–Trinajstić information content (AvgIpc) is 1.95. The van der Waals surface area contributed by atoms with Crippen molar-refractivity contribution >= 4 is 18.4 Å². The van der Waals surface area contributed by atoms with Crippen molar-refractivity contribution in [2.24, 2.45) is 5.41 Å². The fraction of sp³-hybridized carbons (Fsp3) is 0.857. The highest BCUT2D eigenvalue weighted by Crippen LogP contribution is 2.30. The second-order valence-corrected chi connectivity index (χ2v) is 3.14. The molecular formula is C7H13ClFNO2. The standard InChI is InChI=1S/C7H12FNO2.ClH/c1-7(6(10)11)2-3-9-4-5(7)8;/h5,9H,2-4H2,1H3,(H,10,11);1H. The molecule has 0 spiro atoms. The van der Waals surface area contributed by atoms with Crippen LogP contribution < -0.4 is 5.32 Å². The van der Waals surface area contributed by atoms with Gasteiger partial charge in [-0.05, 0) is 19.9 Å². The lowest BCUT2D eigenvalue weighted by atomic mass is 9.80. The number of alkyl halides is 1. The van der Waals surface area contributed by atoms with Crippen LogP contribution in [0.25, 0.3) is 0 Å². The normalized spacial score (nSPS) is 35.3. The zero-order valence-electron chi connectivity index (χ0n) is 6.84. The predicted octanol–water partition coefficient (Wildman–Crippen LogP) is 0.831. The van der Waals surface area contributed by atoms with Gasteiger partial charge in [-0.1, -0.05) is 0 Å². The molecule has 72 valence electrons. The van der Waals surface area contributed by atoms with Gasteiger partial charge in [0.1, 0.15) is 6.17 Å².